The van der Waals surface area contributed by atoms with Crippen molar-refractivity contribution in [3.05, 3.63) is 99.4 Å². The van der Waals surface area contributed by atoms with Crippen molar-refractivity contribution in [3.63, 3.8) is 0 Å². The predicted molar refractivity (Wildman–Crippen MR) is 154 cm³/mol. The number of allylic oxidation sites excluding steroid dienone is 1. The summed E-state index contributed by atoms with van der Waals surface area (Å²) in [4.78, 5) is 15.3. The lowest BCUT2D eigenvalue weighted by atomic mass is 10.0. The summed E-state index contributed by atoms with van der Waals surface area (Å²) >= 11 is 10.2. The minimum Gasteiger partial charge on any atom is -0.495 e. The Kier molecular flexibility index (Phi) is 8.51. The van der Waals surface area contributed by atoms with Crippen LogP contribution in [-0.2, 0) is 17.8 Å². The molecule has 0 spiro atoms. The van der Waals surface area contributed by atoms with Gasteiger partial charge in [0.2, 0.25) is 0 Å². The molecule has 184 valence electrons. The van der Waals surface area contributed by atoms with Crippen LogP contribution in [0.15, 0.2) is 82.7 Å². The Hall–Kier alpha value is -3.07. The van der Waals surface area contributed by atoms with Crippen LogP contribution in [0.5, 0.6) is 17.2 Å². The first-order valence-corrected chi connectivity index (χ1v) is 13.1. The number of carbonyl (C=O) groups excluding carboxylic acids is 1. The average molecular weight is 583 g/mol. The van der Waals surface area contributed by atoms with Crippen molar-refractivity contribution < 1.29 is 19.0 Å². The lowest BCUT2D eigenvalue weighted by molar-refractivity contribution is -0.113. The van der Waals surface area contributed by atoms with Gasteiger partial charge >= 0.3 is 0 Å². The van der Waals surface area contributed by atoms with Gasteiger partial charge in [0.1, 0.15) is 12.4 Å². The number of carbonyl (C=O) groups is 1. The molecule has 0 unspecified atom stereocenters. The number of hydrogen-bond acceptors (Lipinski definition) is 6. The number of para-hydroxylation sites is 2. The second-order valence-electron chi connectivity index (χ2n) is 7.81. The van der Waals surface area contributed by atoms with E-state index < -0.39 is 0 Å². The summed E-state index contributed by atoms with van der Waals surface area (Å²) in [5.41, 5.74) is 3.37. The Morgan fingerprint density at radius 2 is 1.78 bits per heavy atom. The van der Waals surface area contributed by atoms with Crippen LogP contribution in [0.2, 0.25) is 0 Å². The summed E-state index contributed by atoms with van der Waals surface area (Å²) < 4.78 is 18.7. The van der Waals surface area contributed by atoms with Crippen LogP contribution < -0.4 is 19.1 Å². The van der Waals surface area contributed by atoms with E-state index in [1.807, 2.05) is 66.7 Å². The molecule has 0 aromatic heterocycles. The first-order valence-electron chi connectivity index (χ1n) is 11.0. The van der Waals surface area contributed by atoms with Crippen LogP contribution in [0.25, 0.3) is 6.08 Å². The third-order valence-corrected chi connectivity index (χ3v) is 7.28. The Balaban J connectivity index is 1.65. The molecule has 0 bridgehead atoms. The maximum Gasteiger partial charge on any atom is 0.270 e. The monoisotopic (exact) mass is 581 g/mol. The quantitative estimate of drug-likeness (QED) is 0.151. The van der Waals surface area contributed by atoms with Gasteiger partial charge in [0.15, 0.2) is 15.8 Å². The van der Waals surface area contributed by atoms with Gasteiger partial charge in [-0.15, -0.1) is 6.58 Å². The van der Waals surface area contributed by atoms with Gasteiger partial charge in [0, 0.05) is 10.0 Å². The SMILES string of the molecule is C=CCc1cc(/C=C2\SC(=S)N(c3ccccc3OC)C2=O)cc(OC)c1OCc1ccc(Br)cc1. The van der Waals surface area contributed by atoms with Crippen LogP contribution in [0.1, 0.15) is 16.7 Å². The number of anilines is 1. The zero-order chi connectivity index (χ0) is 25.7. The number of nitrogens with zero attached hydrogens (tertiary/aromatic N) is 1. The van der Waals surface area contributed by atoms with Crippen molar-refractivity contribution in [3.8, 4) is 17.2 Å². The van der Waals surface area contributed by atoms with E-state index in [2.05, 4.69) is 22.5 Å². The third-order valence-electron chi connectivity index (χ3n) is 5.45. The smallest absolute Gasteiger partial charge is 0.270 e. The fourth-order valence-electron chi connectivity index (χ4n) is 3.77. The standard InChI is InChI=1S/C28H24BrNO4S2/c1-4-7-20-14-19(15-24(33-3)26(20)34-17-18-10-12-21(29)13-11-18)16-25-27(31)30(28(35)36-25)22-8-5-6-9-23(22)32-2/h4-6,8-16H,1,7,17H2,2-3H3/b25-16-. The summed E-state index contributed by atoms with van der Waals surface area (Å²) in [7, 11) is 3.17. The van der Waals surface area contributed by atoms with E-state index in [0.29, 0.717) is 45.2 Å². The van der Waals surface area contributed by atoms with Gasteiger partial charge in [0.05, 0.1) is 24.8 Å². The molecule has 0 radical (unpaired) electrons. The molecule has 3 aromatic rings. The minimum atomic E-state index is -0.200. The van der Waals surface area contributed by atoms with E-state index >= 15 is 0 Å². The summed E-state index contributed by atoms with van der Waals surface area (Å²) in [5.74, 6) is 1.61. The second-order valence-corrected chi connectivity index (χ2v) is 10.4. The molecule has 0 atom stereocenters. The van der Waals surface area contributed by atoms with E-state index in [9.17, 15) is 4.79 Å². The van der Waals surface area contributed by atoms with E-state index in [0.717, 1.165) is 21.2 Å². The first kappa shape index (κ1) is 26.0. The van der Waals surface area contributed by atoms with E-state index in [1.54, 1.807) is 20.3 Å². The molecule has 0 aliphatic carbocycles. The Bertz CT molecular complexity index is 1340. The maximum atomic E-state index is 13.3. The highest BCUT2D eigenvalue weighted by Gasteiger charge is 2.35. The molecule has 5 nitrogen and oxygen atoms in total. The van der Waals surface area contributed by atoms with Gasteiger partial charge in [-0.3, -0.25) is 9.69 Å². The van der Waals surface area contributed by atoms with Gasteiger partial charge in [-0.05, 0) is 60.0 Å². The molecule has 1 saturated heterocycles. The molecule has 1 aliphatic heterocycles. The van der Waals surface area contributed by atoms with E-state index in [1.165, 1.54) is 16.7 Å². The summed E-state index contributed by atoms with van der Waals surface area (Å²) in [5, 5.41) is 0. The summed E-state index contributed by atoms with van der Waals surface area (Å²) in [6.07, 6.45) is 4.21. The highest BCUT2D eigenvalue weighted by atomic mass is 79.9. The van der Waals surface area contributed by atoms with Gasteiger partial charge in [-0.2, -0.15) is 0 Å². The topological polar surface area (TPSA) is 48.0 Å². The Morgan fingerprint density at radius 1 is 1.06 bits per heavy atom. The Morgan fingerprint density at radius 3 is 2.47 bits per heavy atom. The normalized spacial score (nSPS) is 14.3. The average Bonchev–Trinajstić information content (AvgIpc) is 3.16. The number of amides is 1. The van der Waals surface area contributed by atoms with Crippen molar-refractivity contribution in [2.75, 3.05) is 19.1 Å². The minimum absolute atomic E-state index is 0.200. The number of methoxy groups -OCH3 is 2. The molecule has 36 heavy (non-hydrogen) atoms. The third kappa shape index (κ3) is 5.67. The fraction of sp³-hybridized carbons (Fsp3) is 0.143. The zero-order valence-corrected chi connectivity index (χ0v) is 23.0. The molecule has 1 amide bonds. The van der Waals surface area contributed by atoms with E-state index in [4.69, 9.17) is 26.4 Å². The molecule has 4 rings (SSSR count). The van der Waals surface area contributed by atoms with Gasteiger partial charge in [0.25, 0.3) is 5.91 Å². The van der Waals surface area contributed by atoms with Crippen molar-refractivity contribution in [1.82, 2.24) is 0 Å². The molecule has 1 fully saturated rings. The second kappa shape index (κ2) is 11.8. The number of thioether (sulfide) groups is 1. The van der Waals surface area contributed by atoms with Crippen LogP contribution in [0, 0.1) is 0 Å². The number of thiocarbonyl (C=S) groups is 1. The molecule has 3 aromatic carbocycles. The van der Waals surface area contributed by atoms with E-state index in [-0.39, 0.29) is 5.91 Å². The lowest BCUT2D eigenvalue weighted by Crippen LogP contribution is -2.27. The largest absolute Gasteiger partial charge is 0.495 e. The first-order chi connectivity index (χ1) is 17.4. The molecule has 0 saturated carbocycles. The number of ether oxygens (including phenoxy) is 3. The highest BCUT2D eigenvalue weighted by molar-refractivity contribution is 9.10. The maximum absolute atomic E-state index is 13.3. The number of hydrogen-bond donors (Lipinski definition) is 0. The lowest BCUT2D eigenvalue weighted by Gasteiger charge is -2.17. The molecular weight excluding hydrogens is 558 g/mol. The summed E-state index contributed by atoms with van der Waals surface area (Å²) in [6, 6.07) is 19.1. The van der Waals surface area contributed by atoms with Crippen molar-refractivity contribution in [2.24, 2.45) is 0 Å². The van der Waals surface area contributed by atoms with Crippen LogP contribution in [0.4, 0.5) is 5.69 Å². The Labute approximate surface area is 228 Å². The zero-order valence-electron chi connectivity index (χ0n) is 19.8. The van der Waals surface area contributed by atoms with Gasteiger partial charge < -0.3 is 14.2 Å². The van der Waals surface area contributed by atoms with Crippen LogP contribution >= 0.6 is 39.9 Å². The predicted octanol–water partition coefficient (Wildman–Crippen LogP) is 7.18. The number of benzene rings is 3. The number of rotatable bonds is 9. The van der Waals surface area contributed by atoms with Gasteiger partial charge in [-0.1, -0.05) is 70.3 Å². The van der Waals surface area contributed by atoms with Crippen LogP contribution in [-0.4, -0.2) is 24.4 Å². The molecule has 1 aliphatic rings. The molecule has 8 heteroatoms. The fourth-order valence-corrected chi connectivity index (χ4v) is 5.32. The summed E-state index contributed by atoms with van der Waals surface area (Å²) in [6.45, 7) is 4.28. The van der Waals surface area contributed by atoms with Crippen molar-refractivity contribution >= 4 is 61.9 Å². The molecular formula is C28H24BrNO4S2. The number of halogens is 1. The van der Waals surface area contributed by atoms with Crippen molar-refractivity contribution in [2.45, 2.75) is 13.0 Å². The molecule has 0 N–H and O–H groups in total. The van der Waals surface area contributed by atoms with Gasteiger partial charge in [-0.25, -0.2) is 0 Å². The van der Waals surface area contributed by atoms with Crippen molar-refractivity contribution in [1.29, 1.82) is 0 Å². The highest BCUT2D eigenvalue weighted by Crippen LogP contribution is 2.41. The molecule has 1 heterocycles. The van der Waals surface area contributed by atoms with Crippen LogP contribution in [0.3, 0.4) is 0 Å².